The largest absolute Gasteiger partial charge is 0.364 e. The van der Waals surface area contributed by atoms with E-state index in [0.29, 0.717) is 18.2 Å². The van der Waals surface area contributed by atoms with E-state index in [1.807, 2.05) is 0 Å². The van der Waals surface area contributed by atoms with Crippen LogP contribution in [0.1, 0.15) is 36.2 Å². The van der Waals surface area contributed by atoms with Crippen molar-refractivity contribution >= 4 is 17.5 Å². The fourth-order valence-electron chi connectivity index (χ4n) is 2.55. The molecule has 0 aromatic carbocycles. The van der Waals surface area contributed by atoms with Gasteiger partial charge < -0.3 is 16.8 Å². The Morgan fingerprint density at radius 1 is 1.30 bits per heavy atom. The zero-order chi connectivity index (χ0) is 14.5. The third-order valence-corrected chi connectivity index (χ3v) is 3.83. The Kier molecular flexibility index (Phi) is 4.68. The number of pyridine rings is 1. The van der Waals surface area contributed by atoms with E-state index in [-0.39, 0.29) is 17.5 Å². The van der Waals surface area contributed by atoms with Crippen molar-refractivity contribution in [2.45, 2.75) is 25.7 Å². The summed E-state index contributed by atoms with van der Waals surface area (Å²) in [7, 11) is 0. The number of nitrogens with two attached hydrogens (primary N) is 2. The molecule has 0 bridgehead atoms. The number of carbonyl (C=O) groups excluding carboxylic acids is 2. The maximum atomic E-state index is 12.2. The highest BCUT2D eigenvalue weighted by Crippen LogP contribution is 2.29. The average Bonchev–Trinajstić information content (AvgIpc) is 2.47. The second-order valence-corrected chi connectivity index (χ2v) is 5.24. The summed E-state index contributed by atoms with van der Waals surface area (Å²) in [6, 6.07) is 3.14. The quantitative estimate of drug-likeness (QED) is 0.758. The molecule has 0 saturated heterocycles. The number of primary amides is 1. The monoisotopic (exact) mass is 276 g/mol. The molecule has 0 spiro atoms. The molecule has 1 fully saturated rings. The van der Waals surface area contributed by atoms with Gasteiger partial charge in [0.15, 0.2) is 0 Å². The number of aromatic nitrogens is 1. The maximum absolute atomic E-state index is 12.2. The van der Waals surface area contributed by atoms with Crippen molar-refractivity contribution < 1.29 is 9.59 Å². The van der Waals surface area contributed by atoms with E-state index >= 15 is 0 Å². The molecular weight excluding hydrogens is 256 g/mol. The van der Waals surface area contributed by atoms with Crippen LogP contribution in [-0.2, 0) is 4.79 Å². The molecule has 1 aromatic heterocycles. The van der Waals surface area contributed by atoms with Gasteiger partial charge in [-0.1, -0.05) is 0 Å². The lowest BCUT2D eigenvalue weighted by atomic mass is 9.81. The van der Waals surface area contributed by atoms with Crippen molar-refractivity contribution in [3.8, 4) is 0 Å². The highest BCUT2D eigenvalue weighted by atomic mass is 16.2. The Bertz CT molecular complexity index is 496. The zero-order valence-corrected chi connectivity index (χ0v) is 11.3. The Labute approximate surface area is 117 Å². The van der Waals surface area contributed by atoms with Gasteiger partial charge in [0.25, 0.3) is 5.91 Å². The van der Waals surface area contributed by atoms with Crippen molar-refractivity contribution in [2.75, 3.05) is 11.9 Å². The molecule has 0 atom stereocenters. The van der Waals surface area contributed by atoms with Crippen LogP contribution in [0.5, 0.6) is 0 Å². The number of hydrogen-bond donors (Lipinski definition) is 3. The number of anilines is 1. The molecule has 0 aliphatic heterocycles. The summed E-state index contributed by atoms with van der Waals surface area (Å²) in [6.07, 6.45) is 5.18. The van der Waals surface area contributed by atoms with Gasteiger partial charge in [0, 0.05) is 17.8 Å². The summed E-state index contributed by atoms with van der Waals surface area (Å²) < 4.78 is 0. The third kappa shape index (κ3) is 3.54. The van der Waals surface area contributed by atoms with E-state index in [9.17, 15) is 9.59 Å². The fraction of sp³-hybridized carbons (Fsp3) is 0.500. The highest BCUT2D eigenvalue weighted by Gasteiger charge is 2.25. The molecule has 6 heteroatoms. The standard InChI is InChI=1S/C14H20N4O2/c15-8-9-1-3-10(4-2-9)14(20)18-11-5-6-17-12(7-11)13(16)19/h5-7,9-10H,1-4,8,15H2,(H2,16,19)(H,17,18,20)/t9-,10-. The lowest BCUT2D eigenvalue weighted by Crippen LogP contribution is -2.29. The Morgan fingerprint density at radius 3 is 2.60 bits per heavy atom. The molecule has 1 aliphatic rings. The molecule has 1 aromatic rings. The van der Waals surface area contributed by atoms with Crippen LogP contribution in [0, 0.1) is 11.8 Å². The topological polar surface area (TPSA) is 111 Å². The Hall–Kier alpha value is -1.95. The van der Waals surface area contributed by atoms with Crippen molar-refractivity contribution in [3.63, 3.8) is 0 Å². The molecule has 1 saturated carbocycles. The Morgan fingerprint density at radius 2 is 2.00 bits per heavy atom. The molecule has 20 heavy (non-hydrogen) atoms. The van der Waals surface area contributed by atoms with Gasteiger partial charge in [-0.2, -0.15) is 0 Å². The van der Waals surface area contributed by atoms with E-state index < -0.39 is 5.91 Å². The summed E-state index contributed by atoms with van der Waals surface area (Å²) in [5.74, 6) is -0.0592. The third-order valence-electron chi connectivity index (χ3n) is 3.83. The predicted octanol–water partition coefficient (Wildman–Crippen LogP) is 0.884. The number of hydrogen-bond acceptors (Lipinski definition) is 4. The first kappa shape index (κ1) is 14.5. The van der Waals surface area contributed by atoms with Crippen LogP contribution in [0.25, 0.3) is 0 Å². The Balaban J connectivity index is 1.95. The van der Waals surface area contributed by atoms with E-state index in [2.05, 4.69) is 10.3 Å². The van der Waals surface area contributed by atoms with Gasteiger partial charge in [0.05, 0.1) is 0 Å². The summed E-state index contributed by atoms with van der Waals surface area (Å²) in [4.78, 5) is 27.0. The highest BCUT2D eigenvalue weighted by molar-refractivity contribution is 5.95. The molecule has 5 N–H and O–H groups in total. The first-order chi connectivity index (χ1) is 9.60. The van der Waals surface area contributed by atoms with Gasteiger partial charge in [-0.3, -0.25) is 14.6 Å². The zero-order valence-electron chi connectivity index (χ0n) is 11.3. The van der Waals surface area contributed by atoms with Crippen LogP contribution in [-0.4, -0.2) is 23.3 Å². The summed E-state index contributed by atoms with van der Waals surface area (Å²) >= 11 is 0. The van der Waals surface area contributed by atoms with Crippen LogP contribution < -0.4 is 16.8 Å². The van der Waals surface area contributed by atoms with Crippen molar-refractivity contribution in [3.05, 3.63) is 24.0 Å². The van der Waals surface area contributed by atoms with Crippen LogP contribution in [0.2, 0.25) is 0 Å². The van der Waals surface area contributed by atoms with E-state index in [1.165, 1.54) is 12.3 Å². The lowest BCUT2D eigenvalue weighted by Gasteiger charge is -2.26. The van der Waals surface area contributed by atoms with Gasteiger partial charge in [-0.15, -0.1) is 0 Å². The second-order valence-electron chi connectivity index (χ2n) is 5.24. The second kappa shape index (κ2) is 6.47. The van der Waals surface area contributed by atoms with Gasteiger partial charge in [-0.25, -0.2) is 0 Å². The van der Waals surface area contributed by atoms with Crippen LogP contribution in [0.4, 0.5) is 5.69 Å². The minimum atomic E-state index is -0.607. The van der Waals surface area contributed by atoms with Crippen molar-refractivity contribution in [1.82, 2.24) is 4.98 Å². The van der Waals surface area contributed by atoms with Gasteiger partial charge in [0.2, 0.25) is 5.91 Å². The maximum Gasteiger partial charge on any atom is 0.267 e. The van der Waals surface area contributed by atoms with E-state index in [4.69, 9.17) is 11.5 Å². The molecule has 1 heterocycles. The molecule has 2 rings (SSSR count). The molecule has 108 valence electrons. The average molecular weight is 276 g/mol. The molecule has 0 radical (unpaired) electrons. The molecule has 1 aliphatic carbocycles. The minimum Gasteiger partial charge on any atom is -0.364 e. The smallest absolute Gasteiger partial charge is 0.267 e. The van der Waals surface area contributed by atoms with Gasteiger partial charge in [-0.05, 0) is 50.3 Å². The van der Waals surface area contributed by atoms with E-state index in [0.717, 1.165) is 25.7 Å². The molecule has 0 unspecified atom stereocenters. The number of rotatable bonds is 4. The lowest BCUT2D eigenvalue weighted by molar-refractivity contribution is -0.121. The van der Waals surface area contributed by atoms with Gasteiger partial charge >= 0.3 is 0 Å². The van der Waals surface area contributed by atoms with Crippen molar-refractivity contribution in [2.24, 2.45) is 23.3 Å². The van der Waals surface area contributed by atoms with Gasteiger partial charge in [0.1, 0.15) is 5.69 Å². The molecule has 2 amide bonds. The number of amides is 2. The number of nitrogens with one attached hydrogen (secondary N) is 1. The SMILES string of the molecule is NC[C@H]1CC[C@H](C(=O)Nc2ccnc(C(N)=O)c2)CC1. The first-order valence-corrected chi connectivity index (χ1v) is 6.87. The van der Waals surface area contributed by atoms with Crippen LogP contribution >= 0.6 is 0 Å². The van der Waals surface area contributed by atoms with Crippen LogP contribution in [0.3, 0.4) is 0 Å². The first-order valence-electron chi connectivity index (χ1n) is 6.87. The molecule has 6 nitrogen and oxygen atoms in total. The summed E-state index contributed by atoms with van der Waals surface area (Å²) in [6.45, 7) is 0.695. The van der Waals surface area contributed by atoms with Crippen molar-refractivity contribution in [1.29, 1.82) is 0 Å². The molecular formula is C14H20N4O2. The summed E-state index contributed by atoms with van der Waals surface area (Å²) in [5, 5.41) is 2.82. The summed E-state index contributed by atoms with van der Waals surface area (Å²) in [5.41, 5.74) is 11.5. The fourth-order valence-corrected chi connectivity index (χ4v) is 2.55. The number of nitrogens with zero attached hydrogens (tertiary/aromatic N) is 1. The van der Waals surface area contributed by atoms with E-state index in [1.54, 1.807) is 6.07 Å². The van der Waals surface area contributed by atoms with Crippen LogP contribution in [0.15, 0.2) is 18.3 Å². The number of carbonyl (C=O) groups is 2. The minimum absolute atomic E-state index is 0.0120. The normalized spacial score (nSPS) is 22.2. The predicted molar refractivity (Wildman–Crippen MR) is 75.9 cm³/mol.